The first-order chi connectivity index (χ1) is 11.4. The Kier molecular flexibility index (Phi) is 3.15. The van der Waals surface area contributed by atoms with Crippen LogP contribution in [0.5, 0.6) is 0 Å². The van der Waals surface area contributed by atoms with Crippen LogP contribution in [0.25, 0.3) is 11.3 Å². The van der Waals surface area contributed by atoms with Crippen LogP contribution in [0.3, 0.4) is 0 Å². The highest BCUT2D eigenvalue weighted by Crippen LogP contribution is 2.50. The molecule has 0 bridgehead atoms. The quantitative estimate of drug-likeness (QED) is 0.610. The molecular weight excluding hydrogens is 300 g/mol. The third kappa shape index (κ3) is 2.10. The Morgan fingerprint density at radius 2 is 1.83 bits per heavy atom. The van der Waals surface area contributed by atoms with Crippen molar-refractivity contribution < 1.29 is 0 Å². The van der Waals surface area contributed by atoms with E-state index in [0.29, 0.717) is 6.04 Å². The van der Waals surface area contributed by atoms with Crippen molar-refractivity contribution in [2.45, 2.75) is 37.6 Å². The third-order valence-electron chi connectivity index (χ3n) is 5.69. The zero-order chi connectivity index (χ0) is 15.2. The minimum atomic E-state index is 0.527. The van der Waals surface area contributed by atoms with Crippen LogP contribution in [-0.2, 0) is 0 Å². The Balaban J connectivity index is 1.39. The van der Waals surface area contributed by atoms with Crippen molar-refractivity contribution in [3.63, 3.8) is 0 Å². The zero-order valence-corrected chi connectivity index (χ0v) is 13.9. The molecular formula is C20H20N2S. The first-order valence-corrected chi connectivity index (χ1v) is 9.44. The van der Waals surface area contributed by atoms with Gasteiger partial charge in [0.05, 0.1) is 24.3 Å². The van der Waals surface area contributed by atoms with E-state index in [4.69, 9.17) is 0 Å². The number of hydrogen-bond donors (Lipinski definition) is 0. The minimum absolute atomic E-state index is 0.527. The van der Waals surface area contributed by atoms with Crippen molar-refractivity contribution >= 4 is 11.3 Å². The maximum atomic E-state index is 4.40. The van der Waals surface area contributed by atoms with Gasteiger partial charge in [0.1, 0.15) is 0 Å². The van der Waals surface area contributed by atoms with Crippen molar-refractivity contribution in [1.82, 2.24) is 9.55 Å². The van der Waals surface area contributed by atoms with Crippen LogP contribution in [0, 0.1) is 5.92 Å². The van der Waals surface area contributed by atoms with Crippen LogP contribution in [-0.4, -0.2) is 9.55 Å². The fourth-order valence-corrected chi connectivity index (χ4v) is 5.65. The molecule has 1 unspecified atom stereocenters. The zero-order valence-electron chi connectivity index (χ0n) is 13.1. The molecule has 0 N–H and O–H groups in total. The molecule has 1 aliphatic heterocycles. The lowest BCUT2D eigenvalue weighted by Gasteiger charge is -2.33. The largest absolute Gasteiger partial charge is 0.322 e. The lowest BCUT2D eigenvalue weighted by Crippen LogP contribution is -2.22. The van der Waals surface area contributed by atoms with E-state index in [9.17, 15) is 0 Å². The molecule has 0 amide bonds. The molecule has 23 heavy (non-hydrogen) atoms. The Bertz CT molecular complexity index is 769. The molecule has 2 aliphatic rings. The van der Waals surface area contributed by atoms with Crippen LogP contribution in [0.2, 0.25) is 0 Å². The van der Waals surface area contributed by atoms with Crippen molar-refractivity contribution in [1.29, 1.82) is 0 Å². The van der Waals surface area contributed by atoms with Gasteiger partial charge in [0.15, 0.2) is 0 Å². The molecule has 2 nitrogen and oxygen atoms in total. The van der Waals surface area contributed by atoms with Gasteiger partial charge >= 0.3 is 0 Å². The topological polar surface area (TPSA) is 17.8 Å². The molecule has 3 heterocycles. The number of nitrogens with zero attached hydrogens (tertiary/aromatic N) is 2. The second-order valence-electron chi connectivity index (χ2n) is 6.85. The SMILES string of the molecule is c1ccc(C2CCC(C3c4sccc4-c4cncn43)CC2)cc1. The van der Waals surface area contributed by atoms with Gasteiger partial charge in [0.2, 0.25) is 0 Å². The summed E-state index contributed by atoms with van der Waals surface area (Å²) >= 11 is 1.92. The highest BCUT2D eigenvalue weighted by molar-refractivity contribution is 7.10. The average molecular weight is 320 g/mol. The first-order valence-electron chi connectivity index (χ1n) is 8.56. The summed E-state index contributed by atoms with van der Waals surface area (Å²) in [6, 6.07) is 13.9. The standard InChI is InChI=1S/C20H20N2S/c1-2-4-14(5-3-1)15-6-8-16(9-7-15)19-20-17(10-11-23-20)18-12-21-13-22(18)19/h1-5,10-13,15-16,19H,6-9H2. The van der Waals surface area contributed by atoms with E-state index in [2.05, 4.69) is 51.3 Å². The maximum absolute atomic E-state index is 4.40. The number of benzene rings is 1. The van der Waals surface area contributed by atoms with E-state index < -0.39 is 0 Å². The molecule has 1 atom stereocenters. The predicted molar refractivity (Wildman–Crippen MR) is 94.8 cm³/mol. The van der Waals surface area contributed by atoms with Gasteiger partial charge in [-0.15, -0.1) is 11.3 Å². The number of rotatable bonds is 2. The molecule has 1 saturated carbocycles. The predicted octanol–water partition coefficient (Wildman–Crippen LogP) is 5.49. The van der Waals surface area contributed by atoms with E-state index in [0.717, 1.165) is 11.8 Å². The molecule has 3 heteroatoms. The van der Waals surface area contributed by atoms with Crippen molar-refractivity contribution in [2.75, 3.05) is 0 Å². The summed E-state index contributed by atoms with van der Waals surface area (Å²) in [5, 5.41) is 2.24. The van der Waals surface area contributed by atoms with E-state index in [-0.39, 0.29) is 0 Å². The summed E-state index contributed by atoms with van der Waals surface area (Å²) in [7, 11) is 0. The molecule has 0 radical (unpaired) electrons. The third-order valence-corrected chi connectivity index (χ3v) is 6.68. The molecule has 1 fully saturated rings. The number of imidazole rings is 1. The Labute approximate surface area is 140 Å². The number of fused-ring (bicyclic) bond motifs is 3. The van der Waals surface area contributed by atoms with E-state index >= 15 is 0 Å². The Morgan fingerprint density at radius 3 is 2.65 bits per heavy atom. The van der Waals surface area contributed by atoms with Gasteiger partial charge < -0.3 is 4.57 Å². The highest BCUT2D eigenvalue weighted by Gasteiger charge is 2.37. The molecule has 0 saturated heterocycles. The lowest BCUT2D eigenvalue weighted by molar-refractivity contribution is 0.267. The van der Waals surface area contributed by atoms with E-state index in [1.807, 2.05) is 23.9 Å². The first kappa shape index (κ1) is 13.6. The minimum Gasteiger partial charge on any atom is -0.322 e. The second kappa shape index (κ2) is 5.34. The second-order valence-corrected chi connectivity index (χ2v) is 7.80. The molecule has 5 rings (SSSR count). The summed E-state index contributed by atoms with van der Waals surface area (Å²) in [6.45, 7) is 0. The summed E-state index contributed by atoms with van der Waals surface area (Å²) < 4.78 is 2.43. The van der Waals surface area contributed by atoms with Crippen LogP contribution >= 0.6 is 11.3 Å². The van der Waals surface area contributed by atoms with E-state index in [1.165, 1.54) is 42.5 Å². The van der Waals surface area contributed by atoms with Gasteiger partial charge in [0.25, 0.3) is 0 Å². The Hall–Kier alpha value is -1.87. The van der Waals surface area contributed by atoms with Gasteiger partial charge in [-0.2, -0.15) is 0 Å². The smallest absolute Gasteiger partial charge is 0.0957 e. The molecule has 2 aromatic heterocycles. The van der Waals surface area contributed by atoms with Crippen LogP contribution in [0.15, 0.2) is 54.3 Å². The highest BCUT2D eigenvalue weighted by atomic mass is 32.1. The van der Waals surface area contributed by atoms with Crippen LogP contribution in [0.4, 0.5) is 0 Å². The molecule has 0 spiro atoms. The number of aromatic nitrogens is 2. The van der Waals surface area contributed by atoms with Gasteiger partial charge in [-0.25, -0.2) is 4.98 Å². The summed E-state index contributed by atoms with van der Waals surface area (Å²) in [5.74, 6) is 1.50. The Morgan fingerprint density at radius 1 is 1.00 bits per heavy atom. The van der Waals surface area contributed by atoms with Crippen LogP contribution < -0.4 is 0 Å². The van der Waals surface area contributed by atoms with Crippen molar-refractivity contribution in [3.8, 4) is 11.3 Å². The van der Waals surface area contributed by atoms with Crippen molar-refractivity contribution in [2.24, 2.45) is 5.92 Å². The summed E-state index contributed by atoms with van der Waals surface area (Å²) in [4.78, 5) is 5.96. The number of thiophene rings is 1. The average Bonchev–Trinajstić information content (AvgIpc) is 3.29. The lowest BCUT2D eigenvalue weighted by atomic mass is 9.76. The number of hydrogen-bond acceptors (Lipinski definition) is 2. The normalized spacial score (nSPS) is 26.0. The maximum Gasteiger partial charge on any atom is 0.0957 e. The molecule has 1 aliphatic carbocycles. The van der Waals surface area contributed by atoms with Gasteiger partial charge in [-0.05, 0) is 54.5 Å². The monoisotopic (exact) mass is 320 g/mol. The molecule has 116 valence electrons. The van der Waals surface area contributed by atoms with Gasteiger partial charge in [-0.1, -0.05) is 30.3 Å². The van der Waals surface area contributed by atoms with Crippen LogP contribution in [0.1, 0.15) is 48.1 Å². The fraction of sp³-hybridized carbons (Fsp3) is 0.350. The van der Waals surface area contributed by atoms with Gasteiger partial charge in [0, 0.05) is 10.4 Å². The molecule has 3 aromatic rings. The van der Waals surface area contributed by atoms with Crippen molar-refractivity contribution in [3.05, 3.63) is 64.7 Å². The molecule has 1 aromatic carbocycles. The van der Waals surface area contributed by atoms with E-state index in [1.54, 1.807) is 4.88 Å². The fourth-order valence-electron chi connectivity index (χ4n) is 4.56. The summed E-state index contributed by atoms with van der Waals surface area (Å²) in [6.07, 6.45) is 9.33. The van der Waals surface area contributed by atoms with Gasteiger partial charge in [-0.3, -0.25) is 0 Å². The summed E-state index contributed by atoms with van der Waals surface area (Å²) in [5.41, 5.74) is 4.26.